The lowest BCUT2D eigenvalue weighted by Crippen LogP contribution is -2.52. The lowest BCUT2D eigenvalue weighted by molar-refractivity contribution is -0.0505. The molecule has 20 heavy (non-hydrogen) atoms. The van der Waals surface area contributed by atoms with E-state index in [4.69, 9.17) is 4.74 Å². The zero-order valence-corrected chi connectivity index (χ0v) is 14.1. The molecule has 2 bridgehead atoms. The molecular formula is C17H33NO2. The normalized spacial score (nSPS) is 37.4. The predicted octanol–water partition coefficient (Wildman–Crippen LogP) is 2.97. The van der Waals surface area contributed by atoms with Crippen molar-refractivity contribution in [1.82, 2.24) is 5.32 Å². The third-order valence-corrected chi connectivity index (χ3v) is 5.54. The third kappa shape index (κ3) is 3.20. The first-order valence-corrected chi connectivity index (χ1v) is 8.10. The van der Waals surface area contributed by atoms with Gasteiger partial charge in [-0.05, 0) is 56.8 Å². The van der Waals surface area contributed by atoms with Crippen LogP contribution in [0.4, 0.5) is 0 Å². The summed E-state index contributed by atoms with van der Waals surface area (Å²) >= 11 is 0. The van der Waals surface area contributed by atoms with Crippen LogP contribution in [0.5, 0.6) is 0 Å². The molecule has 4 atom stereocenters. The third-order valence-electron chi connectivity index (χ3n) is 5.54. The Balaban J connectivity index is 1.85. The summed E-state index contributed by atoms with van der Waals surface area (Å²) in [7, 11) is 0. The SMILES string of the molecule is CC(C)(C)OCC(O)CNC1C2(C)CCC(C2)C1(C)C. The van der Waals surface area contributed by atoms with Crippen LogP contribution in [-0.2, 0) is 4.74 Å². The molecule has 4 unspecified atom stereocenters. The molecule has 0 aromatic carbocycles. The Labute approximate surface area is 124 Å². The van der Waals surface area contributed by atoms with Gasteiger partial charge in [0.05, 0.1) is 18.3 Å². The summed E-state index contributed by atoms with van der Waals surface area (Å²) in [5.41, 5.74) is 0.578. The molecule has 3 heteroatoms. The molecule has 0 heterocycles. The first-order chi connectivity index (χ1) is 9.05. The van der Waals surface area contributed by atoms with Crippen molar-refractivity contribution in [2.24, 2.45) is 16.7 Å². The Hall–Kier alpha value is -0.120. The maximum atomic E-state index is 10.1. The van der Waals surface area contributed by atoms with Gasteiger partial charge in [-0.3, -0.25) is 0 Å². The van der Waals surface area contributed by atoms with Gasteiger partial charge in [0.2, 0.25) is 0 Å². The van der Waals surface area contributed by atoms with E-state index in [1.807, 2.05) is 20.8 Å². The van der Waals surface area contributed by atoms with Gasteiger partial charge >= 0.3 is 0 Å². The number of nitrogens with one attached hydrogen (secondary N) is 1. The summed E-state index contributed by atoms with van der Waals surface area (Å²) in [6, 6.07) is 0.512. The van der Waals surface area contributed by atoms with E-state index < -0.39 is 6.10 Å². The Morgan fingerprint density at radius 2 is 1.95 bits per heavy atom. The first kappa shape index (κ1) is 16.3. The topological polar surface area (TPSA) is 41.5 Å². The minimum atomic E-state index is -0.423. The van der Waals surface area contributed by atoms with Crippen molar-refractivity contribution in [3.8, 4) is 0 Å². The average Bonchev–Trinajstić information content (AvgIpc) is 2.76. The lowest BCUT2D eigenvalue weighted by atomic mass is 9.68. The number of aliphatic hydroxyl groups excluding tert-OH is 1. The number of rotatable bonds is 5. The summed E-state index contributed by atoms with van der Waals surface area (Å²) in [6.07, 6.45) is 3.62. The quantitative estimate of drug-likeness (QED) is 0.815. The standard InChI is InChI=1S/C17H33NO2/c1-15(2,3)20-11-13(19)10-18-14-16(4,5)12-7-8-17(14,6)9-12/h12-14,18-19H,7-11H2,1-6H3. The summed E-state index contributed by atoms with van der Waals surface area (Å²) < 4.78 is 5.66. The Bertz CT molecular complexity index is 343. The molecule has 0 aromatic rings. The number of hydrogen-bond acceptors (Lipinski definition) is 3. The van der Waals surface area contributed by atoms with Crippen LogP contribution in [0.3, 0.4) is 0 Å². The molecule has 2 aliphatic rings. The smallest absolute Gasteiger partial charge is 0.0898 e. The van der Waals surface area contributed by atoms with Gasteiger partial charge in [0.1, 0.15) is 0 Å². The second-order valence-electron chi connectivity index (χ2n) is 8.83. The van der Waals surface area contributed by atoms with E-state index in [-0.39, 0.29) is 5.60 Å². The molecule has 0 aliphatic heterocycles. The average molecular weight is 283 g/mol. The fourth-order valence-electron chi connectivity index (χ4n) is 4.47. The summed E-state index contributed by atoms with van der Waals surface area (Å²) in [6.45, 7) is 14.3. The maximum absolute atomic E-state index is 10.1. The summed E-state index contributed by atoms with van der Waals surface area (Å²) in [4.78, 5) is 0. The van der Waals surface area contributed by atoms with Crippen molar-refractivity contribution in [1.29, 1.82) is 0 Å². The number of fused-ring (bicyclic) bond motifs is 2. The van der Waals surface area contributed by atoms with Crippen LogP contribution in [0.15, 0.2) is 0 Å². The van der Waals surface area contributed by atoms with Gasteiger partial charge in [-0.25, -0.2) is 0 Å². The van der Waals surface area contributed by atoms with Gasteiger partial charge in [0.25, 0.3) is 0 Å². The van der Waals surface area contributed by atoms with E-state index >= 15 is 0 Å². The second-order valence-corrected chi connectivity index (χ2v) is 8.83. The predicted molar refractivity (Wildman–Crippen MR) is 82.7 cm³/mol. The van der Waals surface area contributed by atoms with Crippen molar-refractivity contribution in [3.63, 3.8) is 0 Å². The number of hydrogen-bond donors (Lipinski definition) is 2. The minimum absolute atomic E-state index is 0.182. The molecule has 0 aromatic heterocycles. The Kier molecular flexibility index (Phi) is 4.27. The van der Waals surface area contributed by atoms with Crippen LogP contribution in [-0.4, -0.2) is 36.0 Å². The number of ether oxygens (including phenoxy) is 1. The molecule has 2 fully saturated rings. The molecule has 0 saturated heterocycles. The highest BCUT2D eigenvalue weighted by molar-refractivity contribution is 5.12. The van der Waals surface area contributed by atoms with E-state index in [1.165, 1.54) is 19.3 Å². The zero-order chi connectivity index (χ0) is 15.2. The monoisotopic (exact) mass is 283 g/mol. The van der Waals surface area contributed by atoms with Gasteiger partial charge in [-0.15, -0.1) is 0 Å². The van der Waals surface area contributed by atoms with Crippen molar-refractivity contribution in [3.05, 3.63) is 0 Å². The van der Waals surface area contributed by atoms with Crippen molar-refractivity contribution in [2.45, 2.75) is 78.6 Å². The molecule has 0 amide bonds. The van der Waals surface area contributed by atoms with Crippen LogP contribution in [0.2, 0.25) is 0 Å². The van der Waals surface area contributed by atoms with Crippen LogP contribution in [0, 0.1) is 16.7 Å². The second kappa shape index (κ2) is 5.26. The van der Waals surface area contributed by atoms with Gasteiger partial charge in [0.15, 0.2) is 0 Å². The Morgan fingerprint density at radius 3 is 2.45 bits per heavy atom. The van der Waals surface area contributed by atoms with Crippen LogP contribution < -0.4 is 5.32 Å². The molecule has 0 radical (unpaired) electrons. The zero-order valence-electron chi connectivity index (χ0n) is 14.1. The van der Waals surface area contributed by atoms with E-state index in [0.29, 0.717) is 30.0 Å². The van der Waals surface area contributed by atoms with E-state index in [0.717, 1.165) is 5.92 Å². The minimum Gasteiger partial charge on any atom is -0.389 e. The van der Waals surface area contributed by atoms with Gasteiger partial charge in [-0.2, -0.15) is 0 Å². The molecule has 3 nitrogen and oxygen atoms in total. The van der Waals surface area contributed by atoms with Gasteiger partial charge < -0.3 is 15.2 Å². The van der Waals surface area contributed by atoms with E-state index in [2.05, 4.69) is 26.1 Å². The van der Waals surface area contributed by atoms with Crippen molar-refractivity contribution >= 4 is 0 Å². The highest BCUT2D eigenvalue weighted by Gasteiger charge is 2.58. The maximum Gasteiger partial charge on any atom is 0.0898 e. The van der Waals surface area contributed by atoms with Crippen LogP contribution >= 0.6 is 0 Å². The molecule has 2 saturated carbocycles. The molecule has 2 N–H and O–H groups in total. The number of aliphatic hydroxyl groups is 1. The van der Waals surface area contributed by atoms with Crippen molar-refractivity contribution < 1.29 is 9.84 Å². The highest BCUT2D eigenvalue weighted by atomic mass is 16.5. The molecule has 118 valence electrons. The molecule has 2 aliphatic carbocycles. The Morgan fingerprint density at radius 1 is 1.30 bits per heavy atom. The summed E-state index contributed by atoms with van der Waals surface area (Å²) in [5, 5.41) is 13.8. The van der Waals surface area contributed by atoms with Gasteiger partial charge in [0, 0.05) is 12.6 Å². The van der Waals surface area contributed by atoms with Gasteiger partial charge in [-0.1, -0.05) is 20.8 Å². The molecule has 2 rings (SSSR count). The highest BCUT2D eigenvalue weighted by Crippen LogP contribution is 2.62. The van der Waals surface area contributed by atoms with Crippen LogP contribution in [0.1, 0.15) is 60.8 Å². The van der Waals surface area contributed by atoms with E-state index in [1.54, 1.807) is 0 Å². The first-order valence-electron chi connectivity index (χ1n) is 8.10. The molecular weight excluding hydrogens is 250 g/mol. The van der Waals surface area contributed by atoms with Crippen molar-refractivity contribution in [2.75, 3.05) is 13.2 Å². The fraction of sp³-hybridized carbons (Fsp3) is 1.00. The van der Waals surface area contributed by atoms with E-state index in [9.17, 15) is 5.11 Å². The largest absolute Gasteiger partial charge is 0.389 e. The fourth-order valence-corrected chi connectivity index (χ4v) is 4.47. The summed E-state index contributed by atoms with van der Waals surface area (Å²) in [5.74, 6) is 0.841. The molecule has 0 spiro atoms. The van der Waals surface area contributed by atoms with Crippen LogP contribution in [0.25, 0.3) is 0 Å². The lowest BCUT2D eigenvalue weighted by Gasteiger charge is -2.43.